The lowest BCUT2D eigenvalue weighted by molar-refractivity contribution is -0.384. The van der Waals surface area contributed by atoms with Crippen molar-refractivity contribution in [3.05, 3.63) is 27.4 Å². The summed E-state index contributed by atoms with van der Waals surface area (Å²) in [6, 6.07) is 0.912. The number of carboxylic acids is 1. The van der Waals surface area contributed by atoms with Crippen LogP contribution < -0.4 is 4.90 Å². The second-order valence-corrected chi connectivity index (χ2v) is 4.31. The molecule has 0 radical (unpaired) electrons. The number of carboxylic acid groups (broad SMARTS) is 1. The largest absolute Gasteiger partial charge is 0.480 e. The van der Waals surface area contributed by atoms with Crippen LogP contribution in [0.2, 0.25) is 5.02 Å². The quantitative estimate of drug-likeness (QED) is 0.650. The van der Waals surface area contributed by atoms with Gasteiger partial charge >= 0.3 is 11.7 Å². The highest BCUT2D eigenvalue weighted by Gasteiger charge is 2.25. The van der Waals surface area contributed by atoms with Gasteiger partial charge in [0.25, 0.3) is 0 Å². The van der Waals surface area contributed by atoms with E-state index in [2.05, 4.69) is 4.98 Å². The molecule has 18 heavy (non-hydrogen) atoms. The lowest BCUT2D eigenvalue weighted by atomic mass is 10.2. The van der Waals surface area contributed by atoms with Crippen molar-refractivity contribution in [1.82, 2.24) is 4.98 Å². The van der Waals surface area contributed by atoms with Gasteiger partial charge in [-0.25, -0.2) is 4.98 Å². The third kappa shape index (κ3) is 3.30. The summed E-state index contributed by atoms with van der Waals surface area (Å²) in [6.45, 7) is 3.08. The van der Waals surface area contributed by atoms with Crippen LogP contribution in [-0.4, -0.2) is 33.6 Å². The molecule has 0 spiro atoms. The second kappa shape index (κ2) is 5.63. The SMILES string of the molecule is CC(C)N(CC(=O)O)c1ncc(Cl)cc1[N+](=O)[O-]. The Morgan fingerprint density at radius 1 is 1.67 bits per heavy atom. The van der Waals surface area contributed by atoms with Crippen molar-refractivity contribution >= 4 is 29.1 Å². The Morgan fingerprint density at radius 2 is 2.28 bits per heavy atom. The van der Waals surface area contributed by atoms with Gasteiger partial charge in [-0.3, -0.25) is 14.9 Å². The Labute approximate surface area is 108 Å². The number of hydrogen-bond donors (Lipinski definition) is 1. The Balaban J connectivity index is 3.27. The average Bonchev–Trinajstić information content (AvgIpc) is 2.25. The number of aromatic nitrogens is 1. The summed E-state index contributed by atoms with van der Waals surface area (Å²) in [5.41, 5.74) is -0.308. The van der Waals surface area contributed by atoms with Crippen LogP contribution in [0.1, 0.15) is 13.8 Å². The van der Waals surface area contributed by atoms with Gasteiger partial charge in [0, 0.05) is 18.3 Å². The molecule has 0 aromatic carbocycles. The van der Waals surface area contributed by atoms with Gasteiger partial charge in [0.1, 0.15) is 6.54 Å². The van der Waals surface area contributed by atoms with Crippen molar-refractivity contribution in [3.63, 3.8) is 0 Å². The molecule has 0 aliphatic heterocycles. The molecule has 0 aliphatic carbocycles. The molecule has 0 saturated heterocycles. The number of nitro groups is 1. The van der Waals surface area contributed by atoms with E-state index in [1.54, 1.807) is 13.8 Å². The molecule has 7 nitrogen and oxygen atoms in total. The molecule has 0 atom stereocenters. The zero-order valence-corrected chi connectivity index (χ0v) is 10.6. The minimum absolute atomic E-state index is 0.00167. The highest BCUT2D eigenvalue weighted by Crippen LogP contribution is 2.29. The predicted molar refractivity (Wildman–Crippen MR) is 66.0 cm³/mol. The number of halogens is 1. The summed E-state index contributed by atoms with van der Waals surface area (Å²) in [4.78, 5) is 26.2. The number of aliphatic carboxylic acids is 1. The van der Waals surface area contributed by atoms with Gasteiger partial charge in [-0.2, -0.15) is 0 Å². The van der Waals surface area contributed by atoms with E-state index in [0.717, 1.165) is 6.07 Å². The maximum atomic E-state index is 10.9. The normalized spacial score (nSPS) is 10.4. The van der Waals surface area contributed by atoms with E-state index in [1.807, 2.05) is 0 Å². The lowest BCUT2D eigenvalue weighted by Gasteiger charge is -2.25. The van der Waals surface area contributed by atoms with Gasteiger partial charge < -0.3 is 10.0 Å². The Bertz CT molecular complexity index is 478. The zero-order chi connectivity index (χ0) is 13.9. The van der Waals surface area contributed by atoms with Crippen LogP contribution in [0.3, 0.4) is 0 Å². The molecular weight excluding hydrogens is 262 g/mol. The number of rotatable bonds is 5. The fourth-order valence-corrected chi connectivity index (χ4v) is 1.58. The van der Waals surface area contributed by atoms with Crippen molar-refractivity contribution in [3.8, 4) is 0 Å². The topological polar surface area (TPSA) is 96.6 Å². The van der Waals surface area contributed by atoms with Gasteiger partial charge in [-0.15, -0.1) is 0 Å². The van der Waals surface area contributed by atoms with Gasteiger partial charge in [0.05, 0.1) is 9.95 Å². The van der Waals surface area contributed by atoms with E-state index in [0.29, 0.717) is 0 Å². The molecule has 8 heteroatoms. The smallest absolute Gasteiger partial charge is 0.323 e. The first kappa shape index (κ1) is 14.2. The van der Waals surface area contributed by atoms with Crippen molar-refractivity contribution in [2.24, 2.45) is 0 Å². The minimum atomic E-state index is -1.09. The van der Waals surface area contributed by atoms with E-state index in [-0.39, 0.29) is 29.1 Å². The van der Waals surface area contributed by atoms with Crippen LogP contribution in [0.25, 0.3) is 0 Å². The molecule has 0 saturated carbocycles. The maximum Gasteiger partial charge on any atom is 0.323 e. The summed E-state index contributed by atoms with van der Waals surface area (Å²) in [5.74, 6) is -1.09. The highest BCUT2D eigenvalue weighted by atomic mass is 35.5. The van der Waals surface area contributed by atoms with E-state index in [9.17, 15) is 14.9 Å². The third-order valence-electron chi connectivity index (χ3n) is 2.21. The van der Waals surface area contributed by atoms with E-state index < -0.39 is 10.9 Å². The molecule has 0 fully saturated rings. The first-order valence-electron chi connectivity index (χ1n) is 5.11. The molecular formula is C10H12ClN3O4. The van der Waals surface area contributed by atoms with Crippen LogP contribution in [-0.2, 0) is 4.79 Å². The number of hydrogen-bond acceptors (Lipinski definition) is 5. The van der Waals surface area contributed by atoms with E-state index in [4.69, 9.17) is 16.7 Å². The monoisotopic (exact) mass is 273 g/mol. The second-order valence-electron chi connectivity index (χ2n) is 3.87. The molecule has 1 aromatic heterocycles. The van der Waals surface area contributed by atoms with Crippen molar-refractivity contribution in [1.29, 1.82) is 0 Å². The number of pyridine rings is 1. The lowest BCUT2D eigenvalue weighted by Crippen LogP contribution is -2.36. The zero-order valence-electron chi connectivity index (χ0n) is 9.83. The van der Waals surface area contributed by atoms with Gasteiger partial charge in [-0.1, -0.05) is 11.6 Å². The van der Waals surface area contributed by atoms with Crippen LogP contribution in [0.5, 0.6) is 0 Å². The fraction of sp³-hybridized carbons (Fsp3) is 0.400. The van der Waals surface area contributed by atoms with Crippen molar-refractivity contribution < 1.29 is 14.8 Å². The van der Waals surface area contributed by atoms with Gasteiger partial charge in [0.2, 0.25) is 5.82 Å². The molecule has 0 aliphatic rings. The number of nitrogens with zero attached hydrogens (tertiary/aromatic N) is 3. The molecule has 98 valence electrons. The molecule has 1 rings (SSSR count). The standard InChI is InChI=1S/C10H12ClN3O4/c1-6(2)13(5-9(15)16)10-8(14(17)18)3-7(11)4-12-10/h3-4,6H,5H2,1-2H3,(H,15,16). The van der Waals surface area contributed by atoms with Crippen molar-refractivity contribution in [2.75, 3.05) is 11.4 Å². The van der Waals surface area contributed by atoms with E-state index in [1.165, 1.54) is 11.1 Å². The molecule has 0 bridgehead atoms. The Morgan fingerprint density at radius 3 is 2.72 bits per heavy atom. The highest BCUT2D eigenvalue weighted by molar-refractivity contribution is 6.30. The molecule has 0 amide bonds. The minimum Gasteiger partial charge on any atom is -0.480 e. The maximum absolute atomic E-state index is 10.9. The number of carbonyl (C=O) groups is 1. The summed E-state index contributed by atoms with van der Waals surface area (Å²) < 4.78 is 0. The molecule has 0 unspecified atom stereocenters. The molecule has 1 aromatic rings. The first-order chi connectivity index (χ1) is 8.32. The van der Waals surface area contributed by atoms with Gasteiger partial charge in [-0.05, 0) is 13.8 Å². The van der Waals surface area contributed by atoms with Crippen LogP contribution in [0.4, 0.5) is 11.5 Å². The average molecular weight is 274 g/mol. The summed E-state index contributed by atoms with van der Waals surface area (Å²) >= 11 is 5.65. The fourth-order valence-electron chi connectivity index (χ4n) is 1.42. The summed E-state index contributed by atoms with van der Waals surface area (Å²) in [5, 5.41) is 19.9. The third-order valence-corrected chi connectivity index (χ3v) is 2.42. The molecule has 1 N–H and O–H groups in total. The van der Waals surface area contributed by atoms with Crippen molar-refractivity contribution in [2.45, 2.75) is 19.9 Å². The van der Waals surface area contributed by atoms with E-state index >= 15 is 0 Å². The van der Waals surface area contributed by atoms with Crippen LogP contribution >= 0.6 is 11.6 Å². The molecule has 1 heterocycles. The predicted octanol–water partition coefficient (Wildman–Crippen LogP) is 1.94. The van der Waals surface area contributed by atoms with Gasteiger partial charge in [0.15, 0.2) is 0 Å². The number of anilines is 1. The summed E-state index contributed by atoms with van der Waals surface area (Å²) in [7, 11) is 0. The van der Waals surface area contributed by atoms with Crippen LogP contribution in [0, 0.1) is 10.1 Å². The van der Waals surface area contributed by atoms with Crippen LogP contribution in [0.15, 0.2) is 12.3 Å². The summed E-state index contributed by atoms with van der Waals surface area (Å²) in [6.07, 6.45) is 1.25. The Kier molecular flexibility index (Phi) is 4.43. The Hall–Kier alpha value is -1.89. The first-order valence-corrected chi connectivity index (χ1v) is 5.49.